The second-order valence-electron chi connectivity index (χ2n) is 5.85. The average Bonchev–Trinajstić information content (AvgIpc) is 2.56. The molecule has 0 bridgehead atoms. The molecule has 0 aliphatic carbocycles. The zero-order chi connectivity index (χ0) is 16.8. The third-order valence-electron chi connectivity index (χ3n) is 4.37. The molecule has 3 heterocycles. The number of rotatable bonds is 1. The Bertz CT molecular complexity index is 788. The summed E-state index contributed by atoms with van der Waals surface area (Å²) >= 11 is 1.91. The van der Waals surface area contributed by atoms with Crippen molar-refractivity contribution in [1.29, 1.82) is 0 Å². The number of hydrogen-bond acceptors (Lipinski definition) is 5. The first-order valence-corrected chi connectivity index (χ1v) is 8.54. The predicted octanol–water partition coefficient (Wildman–Crippen LogP) is 1.82. The Hall–Kier alpha value is -1.58. The predicted molar refractivity (Wildman–Crippen MR) is 90.7 cm³/mol. The minimum Gasteiger partial charge on any atom is -0.367 e. The van der Waals surface area contributed by atoms with Gasteiger partial charge in [0.15, 0.2) is 11.6 Å². The lowest BCUT2D eigenvalue weighted by atomic mass is 9.76. The van der Waals surface area contributed by atoms with Crippen LogP contribution in [0.5, 0.6) is 0 Å². The normalized spacial score (nSPS) is 21.6. The van der Waals surface area contributed by atoms with E-state index in [9.17, 15) is 14.0 Å². The van der Waals surface area contributed by atoms with Crippen LogP contribution in [0.3, 0.4) is 0 Å². The van der Waals surface area contributed by atoms with Crippen molar-refractivity contribution in [3.8, 4) is 0 Å². The van der Waals surface area contributed by atoms with Gasteiger partial charge >= 0.3 is 0 Å². The SMILES string of the molecule is O=C1COCC2=C1C(c1ccc(F)c([125I])c1)C1=C(COCC1=O)N2. The third-order valence-corrected chi connectivity index (χ3v) is 5.19. The largest absolute Gasteiger partial charge is 0.367 e. The molecule has 0 aromatic heterocycles. The fraction of sp³-hybridized carbons (Fsp3) is 0.294. The molecule has 4 rings (SSSR count). The molecule has 7 heteroatoms. The van der Waals surface area contributed by atoms with Gasteiger partial charge in [0.2, 0.25) is 0 Å². The van der Waals surface area contributed by atoms with Crippen LogP contribution >= 0.6 is 22.6 Å². The highest BCUT2D eigenvalue weighted by atomic mass is 125. The van der Waals surface area contributed by atoms with E-state index in [1.165, 1.54) is 6.07 Å². The minimum absolute atomic E-state index is 0.0113. The summed E-state index contributed by atoms with van der Waals surface area (Å²) in [6.07, 6.45) is 0. The maximum atomic E-state index is 13.7. The Balaban J connectivity index is 1.92. The van der Waals surface area contributed by atoms with Gasteiger partial charge in [-0.15, -0.1) is 0 Å². The number of ether oxygens (including phenoxy) is 2. The van der Waals surface area contributed by atoms with E-state index in [4.69, 9.17) is 9.47 Å². The first-order valence-electron chi connectivity index (χ1n) is 7.46. The highest BCUT2D eigenvalue weighted by Crippen LogP contribution is 2.41. The minimum atomic E-state index is -0.502. The van der Waals surface area contributed by atoms with Gasteiger partial charge in [-0.25, -0.2) is 4.39 Å². The second-order valence-corrected chi connectivity index (χ2v) is 7.01. The Morgan fingerprint density at radius 2 is 1.58 bits per heavy atom. The number of carbonyl (C=O) groups is 2. The van der Waals surface area contributed by atoms with E-state index in [0.29, 0.717) is 26.1 Å². The molecule has 0 fully saturated rings. The van der Waals surface area contributed by atoms with Crippen molar-refractivity contribution in [2.75, 3.05) is 26.4 Å². The van der Waals surface area contributed by atoms with Crippen LogP contribution in [0.25, 0.3) is 0 Å². The second kappa shape index (κ2) is 6.05. The van der Waals surface area contributed by atoms with Crippen molar-refractivity contribution in [1.82, 2.24) is 5.32 Å². The smallest absolute Gasteiger partial charge is 0.187 e. The van der Waals surface area contributed by atoms with Gasteiger partial charge < -0.3 is 14.8 Å². The number of carbonyl (C=O) groups excluding carboxylic acids is 2. The van der Waals surface area contributed by atoms with Crippen molar-refractivity contribution < 1.29 is 23.5 Å². The van der Waals surface area contributed by atoms with Crippen LogP contribution < -0.4 is 5.32 Å². The molecule has 3 aliphatic rings. The topological polar surface area (TPSA) is 64.6 Å². The van der Waals surface area contributed by atoms with E-state index in [0.717, 1.165) is 5.56 Å². The van der Waals surface area contributed by atoms with Gasteiger partial charge in [0.05, 0.1) is 13.2 Å². The zero-order valence-electron chi connectivity index (χ0n) is 12.5. The molecule has 0 saturated carbocycles. The highest BCUT2D eigenvalue weighted by Gasteiger charge is 2.41. The Kier molecular flexibility index (Phi) is 4.01. The van der Waals surface area contributed by atoms with Crippen LogP contribution in [0.2, 0.25) is 0 Å². The first kappa shape index (κ1) is 15.9. The summed E-state index contributed by atoms with van der Waals surface area (Å²) in [5, 5.41) is 3.14. The van der Waals surface area contributed by atoms with E-state index in [-0.39, 0.29) is 43.8 Å². The number of Topliss-reactive ketones (excluding diaryl/α,β-unsaturated/α-hetero) is 2. The molecule has 0 atom stereocenters. The molecule has 0 amide bonds. The maximum absolute atomic E-state index is 13.7. The van der Waals surface area contributed by atoms with Crippen LogP contribution in [0.15, 0.2) is 40.7 Å². The molecule has 124 valence electrons. The lowest BCUT2D eigenvalue weighted by Gasteiger charge is -2.36. The molecule has 5 nitrogen and oxygen atoms in total. The van der Waals surface area contributed by atoms with Gasteiger partial charge in [-0.1, -0.05) is 6.07 Å². The monoisotopic (exact) mass is 439 g/mol. The molecule has 0 radical (unpaired) electrons. The standard InChI is InChI=1S/C17H13FINO4/c18-9-2-1-8(3-10(9)19)15-16-11(4-23-6-13(16)21)20-12-5-24-7-14(22)17(12)15/h1-3,15,20H,4-7H2/i19-2. The van der Waals surface area contributed by atoms with E-state index < -0.39 is 5.92 Å². The number of ketones is 2. The molecule has 1 N–H and O–H groups in total. The van der Waals surface area contributed by atoms with Gasteiger partial charge in [-0.3, -0.25) is 9.59 Å². The van der Waals surface area contributed by atoms with E-state index in [1.54, 1.807) is 12.1 Å². The lowest BCUT2D eigenvalue weighted by Crippen LogP contribution is -2.42. The Morgan fingerprint density at radius 1 is 1.00 bits per heavy atom. The number of hydrogen-bond donors (Lipinski definition) is 1. The van der Waals surface area contributed by atoms with E-state index in [2.05, 4.69) is 5.32 Å². The summed E-state index contributed by atoms with van der Waals surface area (Å²) in [7, 11) is 0. The molecular weight excluding hydrogens is 426 g/mol. The fourth-order valence-corrected chi connectivity index (χ4v) is 3.91. The zero-order valence-corrected chi connectivity index (χ0v) is 14.7. The van der Waals surface area contributed by atoms with Gasteiger partial charge in [0, 0.05) is 32.0 Å². The number of halogens is 2. The molecule has 1 aromatic carbocycles. The van der Waals surface area contributed by atoms with Crippen molar-refractivity contribution in [3.05, 3.63) is 55.7 Å². The van der Waals surface area contributed by atoms with Crippen LogP contribution in [0.4, 0.5) is 4.39 Å². The Morgan fingerprint density at radius 3 is 2.12 bits per heavy atom. The van der Waals surface area contributed by atoms with E-state index in [1.807, 2.05) is 22.6 Å². The molecule has 1 aromatic rings. The summed E-state index contributed by atoms with van der Waals surface area (Å²) in [4.78, 5) is 25.0. The molecule has 0 unspecified atom stereocenters. The number of benzene rings is 1. The molecule has 0 saturated heterocycles. The van der Waals surface area contributed by atoms with Gasteiger partial charge in [-0.2, -0.15) is 0 Å². The van der Waals surface area contributed by atoms with Crippen LogP contribution in [0, 0.1) is 9.39 Å². The van der Waals surface area contributed by atoms with E-state index >= 15 is 0 Å². The van der Waals surface area contributed by atoms with Crippen molar-refractivity contribution >= 4 is 34.2 Å². The van der Waals surface area contributed by atoms with Crippen molar-refractivity contribution in [2.45, 2.75) is 5.92 Å². The lowest BCUT2D eigenvalue weighted by molar-refractivity contribution is -0.122. The summed E-state index contributed by atoms with van der Waals surface area (Å²) in [5.41, 5.74) is 3.13. The first-order chi connectivity index (χ1) is 11.6. The number of dihydropyridines is 1. The van der Waals surface area contributed by atoms with Crippen LogP contribution in [-0.2, 0) is 19.1 Å². The maximum Gasteiger partial charge on any atom is 0.187 e. The number of nitrogens with one attached hydrogen (secondary N) is 1. The van der Waals surface area contributed by atoms with Crippen LogP contribution in [0.1, 0.15) is 11.5 Å². The van der Waals surface area contributed by atoms with Gasteiger partial charge in [-0.05, 0) is 40.3 Å². The highest BCUT2D eigenvalue weighted by molar-refractivity contribution is 14.1. The summed E-state index contributed by atoms with van der Waals surface area (Å²) < 4.78 is 24.7. The van der Waals surface area contributed by atoms with Gasteiger partial charge in [0.25, 0.3) is 0 Å². The molecular formula is C17H13FINO4. The Labute approximate surface area is 151 Å². The molecule has 3 aliphatic heterocycles. The summed E-state index contributed by atoms with van der Waals surface area (Å²) in [5.74, 6) is -1.13. The van der Waals surface area contributed by atoms with Crippen molar-refractivity contribution in [3.63, 3.8) is 0 Å². The molecule has 0 spiro atoms. The quantitative estimate of drug-likeness (QED) is 0.677. The van der Waals surface area contributed by atoms with Crippen molar-refractivity contribution in [2.24, 2.45) is 0 Å². The van der Waals surface area contributed by atoms with Gasteiger partial charge in [0.1, 0.15) is 19.0 Å². The average molecular weight is 439 g/mol. The third kappa shape index (κ3) is 2.51. The summed E-state index contributed by atoms with van der Waals surface area (Å²) in [6, 6.07) is 4.69. The summed E-state index contributed by atoms with van der Waals surface area (Å²) in [6.45, 7) is 0.535. The fourth-order valence-electron chi connectivity index (χ4n) is 3.37. The molecule has 24 heavy (non-hydrogen) atoms. The van der Waals surface area contributed by atoms with Crippen LogP contribution in [-0.4, -0.2) is 38.0 Å².